The molecule has 0 aromatic heterocycles. The molecule has 0 radical (unpaired) electrons. The normalized spacial score (nSPS) is 20.3. The van der Waals surface area contributed by atoms with Gasteiger partial charge in [-0.25, -0.2) is 0 Å². The smallest absolute Gasteiger partial charge is 0.341 e. The summed E-state index contributed by atoms with van der Waals surface area (Å²) in [5.41, 5.74) is -1.94. The Morgan fingerprint density at radius 2 is 2.00 bits per heavy atom. The molecule has 0 aliphatic heterocycles. The lowest BCUT2D eigenvalue weighted by Gasteiger charge is -2.19. The molecule has 1 aliphatic rings. The Hall–Kier alpha value is -0.390. The Balaban J connectivity index is 2.56. The summed E-state index contributed by atoms with van der Waals surface area (Å²) in [6.07, 6.45) is -4.36. The molecule has 12 heavy (non-hydrogen) atoms. The summed E-state index contributed by atoms with van der Waals surface area (Å²) in [7, 11) is 0. The van der Waals surface area contributed by atoms with Gasteiger partial charge in [-0.2, -0.15) is 25.8 Å². The average Bonchev–Trinajstić information content (AvgIpc) is 2.67. The van der Waals surface area contributed by atoms with Crippen LogP contribution < -0.4 is 5.32 Å². The van der Waals surface area contributed by atoms with Crippen molar-refractivity contribution in [1.82, 2.24) is 5.32 Å². The summed E-state index contributed by atoms with van der Waals surface area (Å²) in [6, 6.07) is 0. The molecule has 0 atom stereocenters. The fraction of sp³-hybridized carbons (Fsp3) is 0.833. The molecule has 0 saturated heterocycles. The van der Waals surface area contributed by atoms with Crippen LogP contribution in [0, 0.1) is 0 Å². The van der Waals surface area contributed by atoms with E-state index < -0.39 is 17.6 Å². The molecular weight excluding hydrogens is 191 g/mol. The first kappa shape index (κ1) is 9.70. The molecule has 0 aromatic rings. The quantitative estimate of drug-likeness (QED) is 0.641. The maximum Gasteiger partial charge on any atom is 0.411 e. The van der Waals surface area contributed by atoms with E-state index in [1.165, 1.54) is 0 Å². The van der Waals surface area contributed by atoms with Crippen LogP contribution in [0.5, 0.6) is 0 Å². The molecule has 0 spiro atoms. The van der Waals surface area contributed by atoms with Gasteiger partial charge in [-0.05, 0) is 12.8 Å². The van der Waals surface area contributed by atoms with Gasteiger partial charge in [0.15, 0.2) is 0 Å². The first-order valence-electron chi connectivity index (χ1n) is 3.40. The maximum atomic E-state index is 12.2. The predicted octanol–water partition coefficient (Wildman–Crippen LogP) is 1.13. The Labute approximate surface area is 72.9 Å². The number of hydrogen-bond donors (Lipinski definition) is 2. The van der Waals surface area contributed by atoms with Crippen molar-refractivity contribution in [2.45, 2.75) is 24.6 Å². The molecule has 0 heterocycles. The fourth-order valence-electron chi connectivity index (χ4n) is 0.911. The molecule has 6 heteroatoms. The highest BCUT2D eigenvalue weighted by molar-refractivity contribution is 7.81. The van der Waals surface area contributed by atoms with E-state index in [0.717, 1.165) is 0 Å². The summed E-state index contributed by atoms with van der Waals surface area (Å²) in [6.45, 7) is 0. The third-order valence-corrected chi connectivity index (χ3v) is 2.10. The van der Waals surface area contributed by atoms with E-state index in [4.69, 9.17) is 0 Å². The van der Waals surface area contributed by atoms with E-state index in [2.05, 4.69) is 12.6 Å². The van der Waals surface area contributed by atoms with Crippen LogP contribution >= 0.6 is 12.6 Å². The Bertz CT molecular complexity index is 199. The van der Waals surface area contributed by atoms with Crippen molar-refractivity contribution in [3.63, 3.8) is 0 Å². The summed E-state index contributed by atoms with van der Waals surface area (Å²) >= 11 is 3.57. The van der Waals surface area contributed by atoms with Crippen LogP contribution in [0.1, 0.15) is 12.8 Å². The van der Waals surface area contributed by atoms with Gasteiger partial charge in [0.1, 0.15) is 5.54 Å². The van der Waals surface area contributed by atoms with Gasteiger partial charge in [0.2, 0.25) is 5.91 Å². The molecule has 0 aromatic carbocycles. The number of carbonyl (C=O) groups excluding carboxylic acids is 1. The molecule has 1 amide bonds. The predicted molar refractivity (Wildman–Crippen MR) is 40.0 cm³/mol. The van der Waals surface area contributed by atoms with Crippen LogP contribution in [0.2, 0.25) is 0 Å². The minimum atomic E-state index is -4.33. The van der Waals surface area contributed by atoms with E-state index in [-0.39, 0.29) is 18.6 Å². The van der Waals surface area contributed by atoms with Crippen molar-refractivity contribution in [3.05, 3.63) is 0 Å². The van der Waals surface area contributed by atoms with E-state index in [1.807, 2.05) is 5.32 Å². The van der Waals surface area contributed by atoms with E-state index >= 15 is 0 Å². The summed E-state index contributed by atoms with van der Waals surface area (Å²) < 4.78 is 36.5. The average molecular weight is 199 g/mol. The summed E-state index contributed by atoms with van der Waals surface area (Å²) in [5.74, 6) is -0.883. The second-order valence-electron chi connectivity index (χ2n) is 2.79. The van der Waals surface area contributed by atoms with Crippen molar-refractivity contribution in [2.24, 2.45) is 0 Å². The van der Waals surface area contributed by atoms with Crippen molar-refractivity contribution in [2.75, 3.05) is 5.75 Å². The van der Waals surface area contributed by atoms with Gasteiger partial charge in [-0.3, -0.25) is 4.79 Å². The van der Waals surface area contributed by atoms with Gasteiger partial charge in [-0.15, -0.1) is 0 Å². The number of rotatable bonds is 2. The molecule has 0 unspecified atom stereocenters. The molecule has 1 N–H and O–H groups in total. The van der Waals surface area contributed by atoms with E-state index in [0.29, 0.717) is 0 Å². The number of carbonyl (C=O) groups is 1. The minimum absolute atomic E-state index is 0.0178. The molecule has 1 saturated carbocycles. The van der Waals surface area contributed by atoms with Crippen molar-refractivity contribution < 1.29 is 18.0 Å². The molecule has 1 aliphatic carbocycles. The van der Waals surface area contributed by atoms with Crippen molar-refractivity contribution in [1.29, 1.82) is 0 Å². The lowest BCUT2D eigenvalue weighted by atomic mass is 10.2. The zero-order valence-electron chi connectivity index (χ0n) is 6.11. The van der Waals surface area contributed by atoms with Crippen molar-refractivity contribution >= 4 is 18.5 Å². The van der Waals surface area contributed by atoms with Gasteiger partial charge in [0.05, 0.1) is 5.75 Å². The van der Waals surface area contributed by atoms with Gasteiger partial charge < -0.3 is 5.32 Å². The highest BCUT2D eigenvalue weighted by Gasteiger charge is 2.64. The molecule has 1 rings (SSSR count). The first-order chi connectivity index (χ1) is 5.41. The molecule has 2 nitrogen and oxygen atoms in total. The number of nitrogens with one attached hydrogen (secondary N) is 1. The monoisotopic (exact) mass is 199 g/mol. The highest BCUT2D eigenvalue weighted by atomic mass is 32.1. The summed E-state index contributed by atoms with van der Waals surface area (Å²) in [4.78, 5) is 10.6. The number of amides is 1. The minimum Gasteiger partial charge on any atom is -0.341 e. The van der Waals surface area contributed by atoms with Gasteiger partial charge in [0, 0.05) is 0 Å². The van der Waals surface area contributed by atoms with Crippen LogP contribution in [-0.4, -0.2) is 23.4 Å². The van der Waals surface area contributed by atoms with Crippen LogP contribution in [0.25, 0.3) is 0 Å². The molecular formula is C6H8F3NOS. The number of halogens is 3. The topological polar surface area (TPSA) is 29.1 Å². The second-order valence-corrected chi connectivity index (χ2v) is 3.10. The number of thiol groups is 1. The van der Waals surface area contributed by atoms with Crippen LogP contribution in [0.3, 0.4) is 0 Å². The van der Waals surface area contributed by atoms with Crippen LogP contribution in [0.4, 0.5) is 13.2 Å². The third-order valence-electron chi connectivity index (χ3n) is 1.81. The first-order valence-corrected chi connectivity index (χ1v) is 4.03. The van der Waals surface area contributed by atoms with Crippen molar-refractivity contribution in [3.8, 4) is 0 Å². The summed E-state index contributed by atoms with van der Waals surface area (Å²) in [5, 5.41) is 1.92. The van der Waals surface area contributed by atoms with Gasteiger partial charge >= 0.3 is 6.18 Å². The number of alkyl halides is 3. The van der Waals surface area contributed by atoms with Crippen LogP contribution in [-0.2, 0) is 4.79 Å². The Morgan fingerprint density at radius 1 is 1.50 bits per heavy atom. The van der Waals surface area contributed by atoms with Crippen LogP contribution in [0.15, 0.2) is 0 Å². The fourth-order valence-corrected chi connectivity index (χ4v) is 0.990. The Kier molecular flexibility index (Phi) is 2.29. The zero-order chi connectivity index (χ0) is 9.41. The van der Waals surface area contributed by atoms with E-state index in [1.54, 1.807) is 0 Å². The van der Waals surface area contributed by atoms with E-state index in [9.17, 15) is 18.0 Å². The largest absolute Gasteiger partial charge is 0.411 e. The lowest BCUT2D eigenvalue weighted by Crippen LogP contribution is -2.48. The van der Waals surface area contributed by atoms with Gasteiger partial charge in [0.25, 0.3) is 0 Å². The zero-order valence-corrected chi connectivity index (χ0v) is 7.01. The Morgan fingerprint density at radius 3 is 2.25 bits per heavy atom. The highest BCUT2D eigenvalue weighted by Crippen LogP contribution is 2.48. The lowest BCUT2D eigenvalue weighted by molar-refractivity contribution is -0.169. The second kappa shape index (κ2) is 2.83. The standard InChI is InChI=1S/C6H8F3NOS/c7-6(8,9)5(1-2-5)10-4(11)3-12/h12H,1-3H2,(H,10,11). The van der Waals surface area contributed by atoms with Gasteiger partial charge in [-0.1, -0.05) is 0 Å². The number of hydrogen-bond acceptors (Lipinski definition) is 2. The molecule has 1 fully saturated rings. The third kappa shape index (κ3) is 1.68. The molecule has 70 valence electrons. The molecule has 0 bridgehead atoms. The maximum absolute atomic E-state index is 12.2. The SMILES string of the molecule is O=C(CS)NC1(C(F)(F)F)CC1.